The zero-order valence-corrected chi connectivity index (χ0v) is 10.9. The van der Waals surface area contributed by atoms with Crippen LogP contribution in [0.1, 0.15) is 17.2 Å². The Morgan fingerprint density at radius 1 is 1.06 bits per heavy atom. The molecule has 5 heteroatoms. The van der Waals surface area contributed by atoms with Crippen LogP contribution in [0.25, 0.3) is 0 Å². The Morgan fingerprint density at radius 2 is 1.78 bits per heavy atom. The number of halogens is 3. The van der Waals surface area contributed by atoms with Gasteiger partial charge in [-0.05, 0) is 29.8 Å². The largest absolute Gasteiger partial charge is 0.271 e. The summed E-state index contributed by atoms with van der Waals surface area (Å²) in [6.07, 6.45) is 0. The molecule has 1 atom stereocenters. The van der Waals surface area contributed by atoms with Gasteiger partial charge in [-0.1, -0.05) is 34.1 Å². The van der Waals surface area contributed by atoms with Gasteiger partial charge in [0.1, 0.15) is 11.6 Å². The SMILES string of the molecule is NNC(c1ccccc1F)c1cc(F)ccc1Br. The number of benzene rings is 2. The molecule has 2 nitrogen and oxygen atoms in total. The Kier molecular flexibility index (Phi) is 4.06. The van der Waals surface area contributed by atoms with Crippen molar-refractivity contribution < 1.29 is 8.78 Å². The van der Waals surface area contributed by atoms with Crippen molar-refractivity contribution in [1.29, 1.82) is 0 Å². The number of hydrogen-bond acceptors (Lipinski definition) is 2. The highest BCUT2D eigenvalue weighted by Gasteiger charge is 2.19. The molecular weight excluding hydrogens is 302 g/mol. The van der Waals surface area contributed by atoms with E-state index in [4.69, 9.17) is 5.84 Å². The molecule has 1 unspecified atom stereocenters. The van der Waals surface area contributed by atoms with Gasteiger partial charge in [-0.2, -0.15) is 0 Å². The minimum atomic E-state index is -0.615. The first-order valence-corrected chi connectivity index (χ1v) is 6.08. The van der Waals surface area contributed by atoms with Gasteiger partial charge in [-0.15, -0.1) is 0 Å². The third-order valence-electron chi connectivity index (χ3n) is 2.65. The Hall–Kier alpha value is -1.30. The molecular formula is C13H11BrF2N2. The number of rotatable bonds is 3. The van der Waals surface area contributed by atoms with E-state index in [0.29, 0.717) is 15.6 Å². The first-order chi connectivity index (χ1) is 8.63. The van der Waals surface area contributed by atoms with Crippen molar-refractivity contribution in [2.24, 2.45) is 5.84 Å². The zero-order valence-electron chi connectivity index (χ0n) is 9.33. The lowest BCUT2D eigenvalue weighted by atomic mass is 9.99. The molecule has 0 heterocycles. The summed E-state index contributed by atoms with van der Waals surface area (Å²) >= 11 is 3.31. The highest BCUT2D eigenvalue weighted by atomic mass is 79.9. The van der Waals surface area contributed by atoms with E-state index in [1.807, 2.05) is 0 Å². The summed E-state index contributed by atoms with van der Waals surface area (Å²) in [5, 5.41) is 0. The first-order valence-electron chi connectivity index (χ1n) is 5.29. The molecule has 2 aromatic carbocycles. The van der Waals surface area contributed by atoms with Crippen molar-refractivity contribution in [2.75, 3.05) is 0 Å². The molecule has 0 aliphatic rings. The molecule has 0 aliphatic carbocycles. The molecule has 0 saturated heterocycles. The van der Waals surface area contributed by atoms with Crippen molar-refractivity contribution in [1.82, 2.24) is 5.43 Å². The summed E-state index contributed by atoms with van der Waals surface area (Å²) in [6, 6.07) is 9.84. The van der Waals surface area contributed by atoms with Gasteiger partial charge < -0.3 is 0 Å². The molecule has 0 amide bonds. The zero-order chi connectivity index (χ0) is 13.1. The minimum absolute atomic E-state index is 0.367. The van der Waals surface area contributed by atoms with E-state index in [1.165, 1.54) is 18.2 Å². The first kappa shape index (κ1) is 13.1. The van der Waals surface area contributed by atoms with Gasteiger partial charge in [0.25, 0.3) is 0 Å². The number of hydrazine groups is 1. The van der Waals surface area contributed by atoms with Gasteiger partial charge in [0.15, 0.2) is 0 Å². The molecule has 94 valence electrons. The molecule has 2 rings (SSSR count). The Morgan fingerprint density at radius 3 is 2.44 bits per heavy atom. The molecule has 0 bridgehead atoms. The maximum absolute atomic E-state index is 13.7. The van der Waals surface area contributed by atoms with Crippen LogP contribution in [-0.4, -0.2) is 0 Å². The number of nitrogens with two attached hydrogens (primary N) is 1. The van der Waals surface area contributed by atoms with E-state index < -0.39 is 17.7 Å². The minimum Gasteiger partial charge on any atom is -0.271 e. The van der Waals surface area contributed by atoms with Crippen molar-refractivity contribution in [3.05, 3.63) is 69.7 Å². The summed E-state index contributed by atoms with van der Waals surface area (Å²) in [7, 11) is 0. The fourth-order valence-electron chi connectivity index (χ4n) is 1.79. The maximum Gasteiger partial charge on any atom is 0.128 e. The molecule has 0 aromatic heterocycles. The average molecular weight is 313 g/mol. The van der Waals surface area contributed by atoms with Crippen molar-refractivity contribution in [3.63, 3.8) is 0 Å². The van der Waals surface area contributed by atoms with Crippen LogP contribution in [0, 0.1) is 11.6 Å². The van der Waals surface area contributed by atoms with Crippen molar-refractivity contribution >= 4 is 15.9 Å². The standard InChI is InChI=1S/C13H11BrF2N2/c14-11-6-5-8(15)7-10(11)13(18-17)9-3-1-2-4-12(9)16/h1-7,13,18H,17H2. The van der Waals surface area contributed by atoms with Crippen molar-refractivity contribution in [2.45, 2.75) is 6.04 Å². The Labute approximate surface area is 112 Å². The second kappa shape index (κ2) is 5.56. The van der Waals surface area contributed by atoms with Crippen LogP contribution in [0.3, 0.4) is 0 Å². The number of hydrogen-bond donors (Lipinski definition) is 2. The molecule has 0 aliphatic heterocycles. The van der Waals surface area contributed by atoms with Gasteiger partial charge in [0.05, 0.1) is 6.04 Å². The maximum atomic E-state index is 13.7. The van der Waals surface area contributed by atoms with Crippen LogP contribution in [0.5, 0.6) is 0 Å². The van der Waals surface area contributed by atoms with Gasteiger partial charge >= 0.3 is 0 Å². The topological polar surface area (TPSA) is 38.0 Å². The molecule has 18 heavy (non-hydrogen) atoms. The quantitative estimate of drug-likeness (QED) is 0.674. The second-order valence-corrected chi connectivity index (χ2v) is 4.64. The van der Waals surface area contributed by atoms with Crippen LogP contribution in [0.2, 0.25) is 0 Å². The lowest BCUT2D eigenvalue weighted by Gasteiger charge is -2.19. The number of nitrogens with one attached hydrogen (secondary N) is 1. The lowest BCUT2D eigenvalue weighted by Crippen LogP contribution is -2.29. The predicted octanol–water partition coefficient (Wildman–Crippen LogP) is 3.28. The van der Waals surface area contributed by atoms with Crippen LogP contribution in [-0.2, 0) is 0 Å². The molecule has 3 N–H and O–H groups in total. The monoisotopic (exact) mass is 312 g/mol. The smallest absolute Gasteiger partial charge is 0.128 e. The highest BCUT2D eigenvalue weighted by molar-refractivity contribution is 9.10. The van der Waals surface area contributed by atoms with E-state index in [0.717, 1.165) is 0 Å². The van der Waals surface area contributed by atoms with Crippen LogP contribution >= 0.6 is 15.9 Å². The van der Waals surface area contributed by atoms with E-state index >= 15 is 0 Å². The van der Waals surface area contributed by atoms with Gasteiger partial charge in [-0.3, -0.25) is 5.84 Å². The highest BCUT2D eigenvalue weighted by Crippen LogP contribution is 2.30. The second-order valence-electron chi connectivity index (χ2n) is 3.79. The molecule has 2 aromatic rings. The normalized spacial score (nSPS) is 12.4. The van der Waals surface area contributed by atoms with E-state index in [9.17, 15) is 8.78 Å². The van der Waals surface area contributed by atoms with Crippen LogP contribution in [0.15, 0.2) is 46.9 Å². The van der Waals surface area contributed by atoms with Crippen LogP contribution in [0.4, 0.5) is 8.78 Å². The average Bonchev–Trinajstić information content (AvgIpc) is 2.36. The summed E-state index contributed by atoms with van der Waals surface area (Å²) < 4.78 is 27.7. The fraction of sp³-hybridized carbons (Fsp3) is 0.0769. The summed E-state index contributed by atoms with van der Waals surface area (Å²) in [6.45, 7) is 0. The van der Waals surface area contributed by atoms with E-state index in [-0.39, 0.29) is 0 Å². The summed E-state index contributed by atoms with van der Waals surface area (Å²) in [4.78, 5) is 0. The van der Waals surface area contributed by atoms with E-state index in [1.54, 1.807) is 24.3 Å². The van der Waals surface area contributed by atoms with Crippen molar-refractivity contribution in [3.8, 4) is 0 Å². The van der Waals surface area contributed by atoms with Gasteiger partial charge in [0.2, 0.25) is 0 Å². The molecule has 0 radical (unpaired) electrons. The molecule has 0 saturated carbocycles. The van der Waals surface area contributed by atoms with Crippen LogP contribution < -0.4 is 11.3 Å². The Balaban J connectivity index is 2.52. The molecule has 0 fully saturated rings. The third kappa shape index (κ3) is 2.58. The Bertz CT molecular complexity index is 560. The lowest BCUT2D eigenvalue weighted by molar-refractivity contribution is 0.554. The van der Waals surface area contributed by atoms with Gasteiger partial charge in [0, 0.05) is 10.0 Å². The summed E-state index contributed by atoms with van der Waals surface area (Å²) in [5.74, 6) is 4.67. The molecule has 0 spiro atoms. The predicted molar refractivity (Wildman–Crippen MR) is 69.7 cm³/mol. The van der Waals surface area contributed by atoms with Gasteiger partial charge in [-0.25, -0.2) is 14.2 Å². The fourth-order valence-corrected chi connectivity index (χ4v) is 2.27. The summed E-state index contributed by atoms with van der Waals surface area (Å²) in [5.41, 5.74) is 3.42. The van der Waals surface area contributed by atoms with E-state index in [2.05, 4.69) is 21.4 Å². The third-order valence-corrected chi connectivity index (χ3v) is 3.37.